The van der Waals surface area contributed by atoms with Crippen molar-refractivity contribution in [3.05, 3.63) is 29.8 Å². The van der Waals surface area contributed by atoms with Crippen molar-refractivity contribution in [2.75, 3.05) is 6.54 Å². The van der Waals surface area contributed by atoms with Crippen molar-refractivity contribution in [2.45, 2.75) is 36.6 Å². The Labute approximate surface area is 118 Å². The molecule has 0 spiro atoms. The zero-order chi connectivity index (χ0) is 13.7. The number of carbonyl (C=O) groups is 2. The Morgan fingerprint density at radius 3 is 2.53 bits per heavy atom. The van der Waals surface area contributed by atoms with Gasteiger partial charge in [0.25, 0.3) is 5.91 Å². The second kappa shape index (κ2) is 6.61. The van der Waals surface area contributed by atoms with Crippen LogP contribution in [0.1, 0.15) is 36.0 Å². The molecule has 2 amide bonds. The topological polar surface area (TPSA) is 58.2 Å². The maximum atomic E-state index is 11.8. The number of rotatable bonds is 6. The van der Waals surface area contributed by atoms with E-state index in [1.54, 1.807) is 24.3 Å². The number of hydrogen-bond acceptors (Lipinski definition) is 3. The smallest absolute Gasteiger partial charge is 0.251 e. The Morgan fingerprint density at radius 2 is 1.89 bits per heavy atom. The van der Waals surface area contributed by atoms with Gasteiger partial charge in [-0.1, -0.05) is 0 Å². The lowest BCUT2D eigenvalue weighted by Crippen LogP contribution is -2.28. The van der Waals surface area contributed by atoms with E-state index in [1.165, 1.54) is 0 Å². The van der Waals surface area contributed by atoms with E-state index in [0.717, 1.165) is 17.7 Å². The van der Waals surface area contributed by atoms with Crippen LogP contribution in [0.4, 0.5) is 0 Å². The Bertz CT molecular complexity index is 455. The molecule has 1 aliphatic rings. The molecule has 1 fully saturated rings. The number of carbonyl (C=O) groups excluding carboxylic acids is 2. The third-order valence-corrected chi connectivity index (χ3v) is 3.24. The van der Waals surface area contributed by atoms with Gasteiger partial charge in [-0.05, 0) is 43.5 Å². The second-order valence-electron chi connectivity index (χ2n) is 4.75. The van der Waals surface area contributed by atoms with E-state index in [0.29, 0.717) is 31.0 Å². The van der Waals surface area contributed by atoms with Crippen molar-refractivity contribution in [1.29, 1.82) is 0 Å². The molecule has 1 aliphatic carbocycles. The minimum absolute atomic E-state index is 0.0798. The summed E-state index contributed by atoms with van der Waals surface area (Å²) < 4.78 is 0. The van der Waals surface area contributed by atoms with E-state index in [4.69, 9.17) is 0 Å². The second-order valence-corrected chi connectivity index (χ2v) is 5.26. The average molecular weight is 278 g/mol. The van der Waals surface area contributed by atoms with Crippen molar-refractivity contribution in [2.24, 2.45) is 0 Å². The third kappa shape index (κ3) is 4.95. The first-order chi connectivity index (χ1) is 9.15. The molecule has 0 unspecified atom stereocenters. The highest BCUT2D eigenvalue weighted by atomic mass is 32.1. The quantitative estimate of drug-likeness (QED) is 0.548. The van der Waals surface area contributed by atoms with Crippen molar-refractivity contribution in [3.8, 4) is 0 Å². The predicted octanol–water partition coefficient (Wildman–Crippen LogP) is 1.76. The largest absolute Gasteiger partial charge is 0.353 e. The number of nitrogens with one attached hydrogen (secondary N) is 2. The van der Waals surface area contributed by atoms with Gasteiger partial charge in [0.2, 0.25) is 5.91 Å². The standard InChI is InChI=1S/C14H18N2O2S/c17-13(16-11-5-6-11)2-1-9-15-14(18)10-3-7-12(19)8-4-10/h3-4,7-8,11,19H,1-2,5-6,9H2,(H,15,18)(H,16,17). The van der Waals surface area contributed by atoms with Crippen molar-refractivity contribution < 1.29 is 9.59 Å². The van der Waals surface area contributed by atoms with Crippen molar-refractivity contribution in [1.82, 2.24) is 10.6 Å². The number of benzene rings is 1. The first kappa shape index (κ1) is 13.9. The molecule has 1 aromatic rings. The van der Waals surface area contributed by atoms with E-state index in [1.807, 2.05) is 0 Å². The molecule has 0 bridgehead atoms. The van der Waals surface area contributed by atoms with Crippen LogP contribution in [0.3, 0.4) is 0 Å². The van der Waals surface area contributed by atoms with E-state index in [-0.39, 0.29) is 11.8 Å². The molecule has 0 atom stereocenters. The molecule has 0 heterocycles. The summed E-state index contributed by atoms with van der Waals surface area (Å²) in [6.45, 7) is 0.513. The lowest BCUT2D eigenvalue weighted by atomic mass is 10.2. The highest BCUT2D eigenvalue weighted by Crippen LogP contribution is 2.18. The molecule has 0 saturated heterocycles. The molecule has 0 radical (unpaired) electrons. The number of amides is 2. The van der Waals surface area contributed by atoms with E-state index >= 15 is 0 Å². The molecule has 1 saturated carbocycles. The molecule has 0 aliphatic heterocycles. The van der Waals surface area contributed by atoms with Gasteiger partial charge < -0.3 is 10.6 Å². The molecular formula is C14H18N2O2S. The lowest BCUT2D eigenvalue weighted by Gasteiger charge is -2.06. The third-order valence-electron chi connectivity index (χ3n) is 2.94. The van der Waals surface area contributed by atoms with Crippen LogP contribution in [0.2, 0.25) is 0 Å². The van der Waals surface area contributed by atoms with Crippen LogP contribution in [0.15, 0.2) is 29.2 Å². The lowest BCUT2D eigenvalue weighted by molar-refractivity contribution is -0.121. The normalized spacial score (nSPS) is 13.9. The molecule has 5 heteroatoms. The van der Waals surface area contributed by atoms with Gasteiger partial charge in [0, 0.05) is 29.5 Å². The molecule has 2 N–H and O–H groups in total. The summed E-state index contributed by atoms with van der Waals surface area (Å²) in [4.78, 5) is 24.0. The molecule has 1 aromatic carbocycles. The van der Waals surface area contributed by atoms with Crippen LogP contribution >= 0.6 is 12.6 Å². The highest BCUT2D eigenvalue weighted by Gasteiger charge is 2.22. The van der Waals surface area contributed by atoms with Crippen molar-refractivity contribution in [3.63, 3.8) is 0 Å². The van der Waals surface area contributed by atoms with E-state index in [9.17, 15) is 9.59 Å². The van der Waals surface area contributed by atoms with Gasteiger partial charge in [-0.2, -0.15) is 0 Å². The fourth-order valence-electron chi connectivity index (χ4n) is 1.69. The monoisotopic (exact) mass is 278 g/mol. The predicted molar refractivity (Wildman–Crippen MR) is 76.4 cm³/mol. The fraction of sp³-hybridized carbons (Fsp3) is 0.429. The summed E-state index contributed by atoms with van der Waals surface area (Å²) in [7, 11) is 0. The number of hydrogen-bond donors (Lipinski definition) is 3. The first-order valence-corrected chi connectivity index (χ1v) is 6.96. The van der Waals surface area contributed by atoms with Gasteiger partial charge in [-0.3, -0.25) is 9.59 Å². The average Bonchev–Trinajstić information content (AvgIpc) is 3.19. The summed E-state index contributed by atoms with van der Waals surface area (Å²) in [5, 5.41) is 5.72. The van der Waals surface area contributed by atoms with Crippen LogP contribution in [0, 0.1) is 0 Å². The summed E-state index contributed by atoms with van der Waals surface area (Å²) in [6.07, 6.45) is 3.33. The van der Waals surface area contributed by atoms with Gasteiger partial charge in [0.15, 0.2) is 0 Å². The zero-order valence-electron chi connectivity index (χ0n) is 10.7. The summed E-state index contributed by atoms with van der Waals surface area (Å²) in [5.41, 5.74) is 0.611. The van der Waals surface area contributed by atoms with Crippen LogP contribution in [0.25, 0.3) is 0 Å². The van der Waals surface area contributed by atoms with Gasteiger partial charge in [-0.15, -0.1) is 12.6 Å². The van der Waals surface area contributed by atoms with Gasteiger partial charge >= 0.3 is 0 Å². The number of thiol groups is 1. The molecule has 102 valence electrons. The van der Waals surface area contributed by atoms with Crippen molar-refractivity contribution >= 4 is 24.4 Å². The SMILES string of the molecule is O=C(CCCNC(=O)c1ccc(S)cc1)NC1CC1. The van der Waals surface area contributed by atoms with Gasteiger partial charge in [0.1, 0.15) is 0 Å². The summed E-state index contributed by atoms with van der Waals surface area (Å²) >= 11 is 4.16. The van der Waals surface area contributed by atoms with Gasteiger partial charge in [-0.25, -0.2) is 0 Å². The highest BCUT2D eigenvalue weighted by molar-refractivity contribution is 7.80. The minimum Gasteiger partial charge on any atom is -0.353 e. The van der Waals surface area contributed by atoms with Gasteiger partial charge in [0.05, 0.1) is 0 Å². The molecule has 2 rings (SSSR count). The van der Waals surface area contributed by atoms with Crippen LogP contribution < -0.4 is 10.6 Å². The Hall–Kier alpha value is -1.49. The molecule has 4 nitrogen and oxygen atoms in total. The summed E-state index contributed by atoms with van der Waals surface area (Å²) in [6, 6.07) is 7.43. The molecule has 0 aromatic heterocycles. The summed E-state index contributed by atoms with van der Waals surface area (Å²) in [5.74, 6) is -0.0351. The molecular weight excluding hydrogens is 260 g/mol. The zero-order valence-corrected chi connectivity index (χ0v) is 11.6. The molecule has 19 heavy (non-hydrogen) atoms. The Kier molecular flexibility index (Phi) is 4.85. The Morgan fingerprint density at radius 1 is 1.21 bits per heavy atom. The fourth-order valence-corrected chi connectivity index (χ4v) is 1.84. The Balaban J connectivity index is 1.63. The minimum atomic E-state index is -0.115. The first-order valence-electron chi connectivity index (χ1n) is 6.52. The van der Waals surface area contributed by atoms with Crippen LogP contribution in [0.5, 0.6) is 0 Å². The van der Waals surface area contributed by atoms with E-state index in [2.05, 4.69) is 23.3 Å². The van der Waals surface area contributed by atoms with Crippen LogP contribution in [-0.4, -0.2) is 24.4 Å². The maximum absolute atomic E-state index is 11.8. The van der Waals surface area contributed by atoms with Crippen LogP contribution in [-0.2, 0) is 4.79 Å². The van der Waals surface area contributed by atoms with E-state index < -0.39 is 0 Å². The maximum Gasteiger partial charge on any atom is 0.251 e.